The van der Waals surface area contributed by atoms with Gasteiger partial charge in [0.2, 0.25) is 5.95 Å². The fourth-order valence-electron chi connectivity index (χ4n) is 4.50. The van der Waals surface area contributed by atoms with Crippen LogP contribution in [-0.2, 0) is 9.84 Å². The summed E-state index contributed by atoms with van der Waals surface area (Å²) in [6, 6.07) is 3.52. The van der Waals surface area contributed by atoms with Gasteiger partial charge in [0.05, 0.1) is 17.5 Å². The molecule has 2 aromatic rings. The van der Waals surface area contributed by atoms with Gasteiger partial charge in [0.1, 0.15) is 4.90 Å². The van der Waals surface area contributed by atoms with Crippen molar-refractivity contribution >= 4 is 21.7 Å². The average Bonchev–Trinajstić information content (AvgIpc) is 2.78. The van der Waals surface area contributed by atoms with Gasteiger partial charge in [0.15, 0.2) is 9.84 Å². The zero-order chi connectivity index (χ0) is 22.0. The largest absolute Gasteiger partial charge is 0.341 e. The molecular weight excluding hydrogens is 414 g/mol. The van der Waals surface area contributed by atoms with Crippen molar-refractivity contribution in [1.82, 2.24) is 19.9 Å². The van der Waals surface area contributed by atoms with Crippen LogP contribution in [0.25, 0.3) is 0 Å². The van der Waals surface area contributed by atoms with Gasteiger partial charge in [0, 0.05) is 50.7 Å². The highest BCUT2D eigenvalue weighted by atomic mass is 32.2. The fourth-order valence-corrected chi connectivity index (χ4v) is 5.34. The van der Waals surface area contributed by atoms with Gasteiger partial charge in [-0.3, -0.25) is 9.78 Å². The van der Waals surface area contributed by atoms with E-state index in [4.69, 9.17) is 4.98 Å². The maximum atomic E-state index is 12.7. The predicted molar refractivity (Wildman–Crippen MR) is 118 cm³/mol. The standard InChI is InChI=1S/C22H29N5O3S/c1-16-5-4-10-27(15-16)22-24-14-19(31(2,29)30)20(25-22)17-7-11-26(12-8-17)21(28)18-6-3-9-23-13-18/h3,6,9,13-14,16-17H,4-5,7-8,10-12,15H2,1-2H3/t16-/m0/s1. The Kier molecular flexibility index (Phi) is 6.22. The van der Waals surface area contributed by atoms with Gasteiger partial charge in [-0.2, -0.15) is 0 Å². The Morgan fingerprint density at radius 1 is 1.13 bits per heavy atom. The van der Waals surface area contributed by atoms with E-state index in [-0.39, 0.29) is 16.7 Å². The summed E-state index contributed by atoms with van der Waals surface area (Å²) in [5.41, 5.74) is 1.17. The molecule has 0 aromatic carbocycles. The molecule has 2 aliphatic heterocycles. The summed E-state index contributed by atoms with van der Waals surface area (Å²) in [7, 11) is -3.45. The SMILES string of the molecule is C[C@H]1CCCN(c2ncc(S(C)(=O)=O)c(C3CCN(C(=O)c4cccnc4)CC3)n2)C1. The lowest BCUT2D eigenvalue weighted by atomic mass is 9.93. The minimum absolute atomic E-state index is 0.0216. The molecule has 0 bridgehead atoms. The van der Waals surface area contributed by atoms with Crippen LogP contribution in [0.15, 0.2) is 35.6 Å². The van der Waals surface area contributed by atoms with E-state index in [1.54, 1.807) is 24.5 Å². The number of pyridine rings is 1. The van der Waals surface area contributed by atoms with Crippen LogP contribution in [0.2, 0.25) is 0 Å². The number of sulfone groups is 1. The molecule has 9 heteroatoms. The summed E-state index contributed by atoms with van der Waals surface area (Å²) in [5, 5.41) is 0. The normalized spacial score (nSPS) is 20.6. The van der Waals surface area contributed by atoms with Gasteiger partial charge in [-0.15, -0.1) is 0 Å². The third kappa shape index (κ3) is 4.87. The molecule has 8 nitrogen and oxygen atoms in total. The van der Waals surface area contributed by atoms with Crippen molar-refractivity contribution in [2.24, 2.45) is 5.92 Å². The first-order valence-corrected chi connectivity index (χ1v) is 12.7. The zero-order valence-corrected chi connectivity index (χ0v) is 18.9. The molecule has 2 fully saturated rings. The van der Waals surface area contributed by atoms with Crippen LogP contribution < -0.4 is 4.90 Å². The van der Waals surface area contributed by atoms with E-state index in [0.29, 0.717) is 49.1 Å². The zero-order valence-electron chi connectivity index (χ0n) is 18.1. The smallest absolute Gasteiger partial charge is 0.255 e. The first-order valence-electron chi connectivity index (χ1n) is 10.8. The Morgan fingerprint density at radius 3 is 2.55 bits per heavy atom. The number of amides is 1. The van der Waals surface area contributed by atoms with Gasteiger partial charge in [-0.25, -0.2) is 18.4 Å². The highest BCUT2D eigenvalue weighted by Crippen LogP contribution is 2.33. The number of nitrogens with zero attached hydrogens (tertiary/aromatic N) is 5. The third-order valence-electron chi connectivity index (χ3n) is 6.19. The van der Waals surface area contributed by atoms with Gasteiger partial charge in [-0.1, -0.05) is 6.92 Å². The number of likely N-dealkylation sites (tertiary alicyclic amines) is 1. The summed E-state index contributed by atoms with van der Waals surface area (Å²) >= 11 is 0. The molecule has 1 atom stereocenters. The van der Waals surface area contributed by atoms with E-state index >= 15 is 0 Å². The molecule has 166 valence electrons. The predicted octanol–water partition coefficient (Wildman–Crippen LogP) is 2.53. The molecule has 0 N–H and O–H groups in total. The van der Waals surface area contributed by atoms with Crippen LogP contribution in [0.4, 0.5) is 5.95 Å². The number of carbonyl (C=O) groups is 1. The van der Waals surface area contributed by atoms with Crippen molar-refractivity contribution in [3.05, 3.63) is 42.0 Å². The minimum atomic E-state index is -3.45. The van der Waals surface area contributed by atoms with E-state index in [1.807, 2.05) is 4.90 Å². The lowest BCUT2D eigenvalue weighted by molar-refractivity contribution is 0.0711. The number of anilines is 1. The molecule has 0 spiro atoms. The molecule has 2 aromatic heterocycles. The Balaban J connectivity index is 1.55. The van der Waals surface area contributed by atoms with Gasteiger partial charge in [0.25, 0.3) is 5.91 Å². The topological polar surface area (TPSA) is 96.4 Å². The summed E-state index contributed by atoms with van der Waals surface area (Å²) in [5.74, 6) is 1.12. The van der Waals surface area contributed by atoms with Crippen molar-refractivity contribution in [1.29, 1.82) is 0 Å². The van der Waals surface area contributed by atoms with Gasteiger partial charge >= 0.3 is 0 Å². The second-order valence-corrected chi connectivity index (χ2v) is 10.7. The number of carbonyl (C=O) groups excluding carboxylic acids is 1. The monoisotopic (exact) mass is 443 g/mol. The minimum Gasteiger partial charge on any atom is -0.341 e. The molecule has 0 saturated carbocycles. The molecule has 2 saturated heterocycles. The van der Waals surface area contributed by atoms with Crippen LogP contribution in [0.5, 0.6) is 0 Å². The van der Waals surface area contributed by atoms with Crippen LogP contribution in [-0.4, -0.2) is 66.6 Å². The molecule has 0 radical (unpaired) electrons. The highest BCUT2D eigenvalue weighted by molar-refractivity contribution is 7.90. The van der Waals surface area contributed by atoms with E-state index in [1.165, 1.54) is 18.9 Å². The molecule has 2 aliphatic rings. The number of piperidine rings is 2. The van der Waals surface area contributed by atoms with Crippen LogP contribution in [0, 0.1) is 5.92 Å². The maximum Gasteiger partial charge on any atom is 0.255 e. The third-order valence-corrected chi connectivity index (χ3v) is 7.30. The average molecular weight is 444 g/mol. The number of hydrogen-bond donors (Lipinski definition) is 0. The van der Waals surface area contributed by atoms with E-state index in [2.05, 4.69) is 21.8 Å². The van der Waals surface area contributed by atoms with E-state index in [0.717, 1.165) is 19.5 Å². The number of hydrogen-bond acceptors (Lipinski definition) is 7. The van der Waals surface area contributed by atoms with Crippen LogP contribution in [0.1, 0.15) is 54.6 Å². The number of rotatable bonds is 4. The van der Waals surface area contributed by atoms with Gasteiger partial charge < -0.3 is 9.80 Å². The second-order valence-electron chi connectivity index (χ2n) is 8.69. The van der Waals surface area contributed by atoms with Gasteiger partial charge in [-0.05, 0) is 43.7 Å². The van der Waals surface area contributed by atoms with Crippen molar-refractivity contribution in [3.8, 4) is 0 Å². The maximum absolute atomic E-state index is 12.7. The van der Waals surface area contributed by atoms with Crippen LogP contribution >= 0.6 is 0 Å². The number of aromatic nitrogens is 3. The summed E-state index contributed by atoms with van der Waals surface area (Å²) in [6.45, 7) is 5.10. The lowest BCUT2D eigenvalue weighted by Gasteiger charge is -2.34. The van der Waals surface area contributed by atoms with Crippen molar-refractivity contribution in [2.75, 3.05) is 37.3 Å². The van der Waals surface area contributed by atoms with Crippen molar-refractivity contribution < 1.29 is 13.2 Å². The molecule has 4 rings (SSSR count). The Labute approximate surface area is 183 Å². The fraction of sp³-hybridized carbons (Fsp3) is 0.545. The quantitative estimate of drug-likeness (QED) is 0.716. The summed E-state index contributed by atoms with van der Waals surface area (Å²) in [4.78, 5) is 30.1. The Morgan fingerprint density at radius 2 is 1.90 bits per heavy atom. The molecule has 1 amide bonds. The molecule has 4 heterocycles. The molecule has 31 heavy (non-hydrogen) atoms. The van der Waals surface area contributed by atoms with Crippen molar-refractivity contribution in [3.63, 3.8) is 0 Å². The van der Waals surface area contributed by atoms with Crippen molar-refractivity contribution in [2.45, 2.75) is 43.4 Å². The molecule has 0 aliphatic carbocycles. The Hall–Kier alpha value is -2.55. The first kappa shape index (κ1) is 21.7. The Bertz CT molecular complexity index is 1040. The molecular formula is C22H29N5O3S. The second kappa shape index (κ2) is 8.90. The highest BCUT2D eigenvalue weighted by Gasteiger charge is 2.30. The summed E-state index contributed by atoms with van der Waals surface area (Å²) < 4.78 is 24.9. The van der Waals surface area contributed by atoms with Crippen LogP contribution in [0.3, 0.4) is 0 Å². The molecule has 0 unspecified atom stereocenters. The first-order chi connectivity index (χ1) is 14.8. The summed E-state index contributed by atoms with van der Waals surface area (Å²) in [6.07, 6.45) is 9.51. The van der Waals surface area contributed by atoms with E-state index < -0.39 is 9.84 Å². The van der Waals surface area contributed by atoms with E-state index in [9.17, 15) is 13.2 Å². The lowest BCUT2D eigenvalue weighted by Crippen LogP contribution is -2.39.